The SMILES string of the molecule is CCCCCC(C)NCCOc1cccc(C(C)(C)C)c1. The highest BCUT2D eigenvalue weighted by atomic mass is 16.5. The quantitative estimate of drug-likeness (QED) is 0.652. The van der Waals surface area contributed by atoms with Crippen molar-refractivity contribution < 1.29 is 4.74 Å². The average molecular weight is 291 g/mol. The van der Waals surface area contributed by atoms with Crippen LogP contribution in [0.2, 0.25) is 0 Å². The van der Waals surface area contributed by atoms with Crippen LogP contribution in [-0.2, 0) is 5.41 Å². The van der Waals surface area contributed by atoms with E-state index >= 15 is 0 Å². The number of benzene rings is 1. The van der Waals surface area contributed by atoms with Crippen molar-refractivity contribution >= 4 is 0 Å². The Kier molecular flexibility index (Phi) is 7.81. The van der Waals surface area contributed by atoms with Crippen LogP contribution in [0.4, 0.5) is 0 Å². The predicted molar refractivity (Wildman–Crippen MR) is 92.2 cm³/mol. The van der Waals surface area contributed by atoms with E-state index in [1.54, 1.807) is 0 Å². The number of unbranched alkanes of at least 4 members (excludes halogenated alkanes) is 2. The topological polar surface area (TPSA) is 21.3 Å². The molecule has 0 aliphatic rings. The Morgan fingerprint density at radius 1 is 1.19 bits per heavy atom. The van der Waals surface area contributed by atoms with Crippen molar-refractivity contribution in [3.05, 3.63) is 29.8 Å². The molecule has 2 nitrogen and oxygen atoms in total. The van der Waals surface area contributed by atoms with Gasteiger partial charge in [-0.3, -0.25) is 0 Å². The van der Waals surface area contributed by atoms with Gasteiger partial charge < -0.3 is 10.1 Å². The molecule has 0 heterocycles. The maximum atomic E-state index is 5.86. The van der Waals surface area contributed by atoms with Gasteiger partial charge in [0.2, 0.25) is 0 Å². The maximum absolute atomic E-state index is 5.86. The highest BCUT2D eigenvalue weighted by molar-refractivity contribution is 5.32. The Hall–Kier alpha value is -1.02. The van der Waals surface area contributed by atoms with Crippen molar-refractivity contribution in [3.63, 3.8) is 0 Å². The van der Waals surface area contributed by atoms with Crippen molar-refractivity contribution in [2.75, 3.05) is 13.2 Å². The Morgan fingerprint density at radius 3 is 2.62 bits per heavy atom. The lowest BCUT2D eigenvalue weighted by Crippen LogP contribution is -2.30. The van der Waals surface area contributed by atoms with Gasteiger partial charge >= 0.3 is 0 Å². The first kappa shape index (κ1) is 18.0. The Bertz CT molecular complexity index is 395. The number of hydrogen-bond acceptors (Lipinski definition) is 2. The summed E-state index contributed by atoms with van der Waals surface area (Å²) in [6.45, 7) is 12.8. The van der Waals surface area contributed by atoms with Gasteiger partial charge in [0.15, 0.2) is 0 Å². The Labute approximate surface area is 131 Å². The van der Waals surface area contributed by atoms with Crippen molar-refractivity contribution in [1.29, 1.82) is 0 Å². The summed E-state index contributed by atoms with van der Waals surface area (Å²) in [5.74, 6) is 0.975. The lowest BCUT2D eigenvalue weighted by molar-refractivity contribution is 0.303. The van der Waals surface area contributed by atoms with Crippen LogP contribution in [0.25, 0.3) is 0 Å². The second-order valence-corrected chi connectivity index (χ2v) is 6.98. The molecule has 1 aromatic carbocycles. The molecule has 0 amide bonds. The van der Waals surface area contributed by atoms with E-state index in [1.165, 1.54) is 31.2 Å². The fourth-order valence-corrected chi connectivity index (χ4v) is 2.33. The molecular weight excluding hydrogens is 258 g/mol. The van der Waals surface area contributed by atoms with Gasteiger partial charge in [-0.05, 0) is 36.5 Å². The van der Waals surface area contributed by atoms with E-state index in [9.17, 15) is 0 Å². The van der Waals surface area contributed by atoms with Crippen molar-refractivity contribution in [3.8, 4) is 5.75 Å². The molecule has 0 aliphatic carbocycles. The van der Waals surface area contributed by atoms with Gasteiger partial charge in [0.1, 0.15) is 12.4 Å². The summed E-state index contributed by atoms with van der Waals surface area (Å²) >= 11 is 0. The van der Waals surface area contributed by atoms with Gasteiger partial charge in [-0.25, -0.2) is 0 Å². The monoisotopic (exact) mass is 291 g/mol. The smallest absolute Gasteiger partial charge is 0.119 e. The van der Waals surface area contributed by atoms with Crippen LogP contribution < -0.4 is 10.1 Å². The molecular formula is C19H33NO. The molecule has 0 saturated carbocycles. The molecule has 1 unspecified atom stereocenters. The third kappa shape index (κ3) is 7.52. The Balaban J connectivity index is 2.27. The minimum atomic E-state index is 0.172. The second kappa shape index (κ2) is 9.09. The Morgan fingerprint density at radius 2 is 1.95 bits per heavy atom. The number of rotatable bonds is 9. The highest BCUT2D eigenvalue weighted by Gasteiger charge is 2.13. The van der Waals surface area contributed by atoms with E-state index in [0.29, 0.717) is 6.04 Å². The largest absolute Gasteiger partial charge is 0.492 e. The molecule has 0 aliphatic heterocycles. The second-order valence-electron chi connectivity index (χ2n) is 6.98. The van der Waals surface area contributed by atoms with Crippen LogP contribution >= 0.6 is 0 Å². The number of ether oxygens (including phenoxy) is 1. The van der Waals surface area contributed by atoms with E-state index in [1.807, 2.05) is 6.07 Å². The molecule has 21 heavy (non-hydrogen) atoms. The molecule has 1 rings (SSSR count). The summed E-state index contributed by atoms with van der Waals surface area (Å²) in [5, 5.41) is 3.53. The molecule has 0 spiro atoms. The van der Waals surface area contributed by atoms with Gasteiger partial charge in [0.25, 0.3) is 0 Å². The fraction of sp³-hybridized carbons (Fsp3) is 0.684. The summed E-state index contributed by atoms with van der Waals surface area (Å²) < 4.78 is 5.86. The van der Waals surface area contributed by atoms with E-state index in [2.05, 4.69) is 58.1 Å². The number of hydrogen-bond donors (Lipinski definition) is 1. The first-order chi connectivity index (χ1) is 9.93. The van der Waals surface area contributed by atoms with E-state index in [0.717, 1.165) is 18.9 Å². The van der Waals surface area contributed by atoms with E-state index in [4.69, 9.17) is 4.74 Å². The van der Waals surface area contributed by atoms with Crippen molar-refractivity contribution in [2.24, 2.45) is 0 Å². The summed E-state index contributed by atoms with van der Waals surface area (Å²) in [6.07, 6.45) is 5.20. The van der Waals surface area contributed by atoms with Gasteiger partial charge in [0, 0.05) is 12.6 Å². The van der Waals surface area contributed by atoms with Crippen LogP contribution in [0.3, 0.4) is 0 Å². The van der Waals surface area contributed by atoms with Crippen LogP contribution in [0.1, 0.15) is 65.9 Å². The van der Waals surface area contributed by atoms with Crippen LogP contribution in [0, 0.1) is 0 Å². The van der Waals surface area contributed by atoms with E-state index in [-0.39, 0.29) is 5.41 Å². The lowest BCUT2D eigenvalue weighted by atomic mass is 9.87. The molecule has 0 bridgehead atoms. The molecule has 1 N–H and O–H groups in total. The molecule has 1 aromatic rings. The average Bonchev–Trinajstić information content (AvgIpc) is 2.43. The van der Waals surface area contributed by atoms with Crippen LogP contribution in [0.5, 0.6) is 5.75 Å². The summed E-state index contributed by atoms with van der Waals surface area (Å²) in [5.41, 5.74) is 1.49. The first-order valence-electron chi connectivity index (χ1n) is 8.40. The van der Waals surface area contributed by atoms with Gasteiger partial charge in [-0.1, -0.05) is 59.1 Å². The number of nitrogens with one attached hydrogen (secondary N) is 1. The van der Waals surface area contributed by atoms with Gasteiger partial charge in [0.05, 0.1) is 0 Å². The molecule has 0 fully saturated rings. The van der Waals surface area contributed by atoms with Gasteiger partial charge in [-0.2, -0.15) is 0 Å². The fourth-order valence-electron chi connectivity index (χ4n) is 2.33. The zero-order valence-corrected chi connectivity index (χ0v) is 14.5. The third-order valence-electron chi connectivity index (χ3n) is 3.80. The molecule has 120 valence electrons. The molecule has 0 aromatic heterocycles. The minimum Gasteiger partial charge on any atom is -0.492 e. The van der Waals surface area contributed by atoms with Crippen molar-refractivity contribution in [2.45, 2.75) is 71.8 Å². The normalized spacial score (nSPS) is 13.2. The van der Waals surface area contributed by atoms with Crippen molar-refractivity contribution in [1.82, 2.24) is 5.32 Å². The maximum Gasteiger partial charge on any atom is 0.119 e. The van der Waals surface area contributed by atoms with Crippen LogP contribution in [-0.4, -0.2) is 19.2 Å². The molecule has 2 heteroatoms. The predicted octanol–water partition coefficient (Wildman–Crippen LogP) is 4.92. The molecule has 0 radical (unpaired) electrons. The summed E-state index contributed by atoms with van der Waals surface area (Å²) in [6, 6.07) is 9.03. The zero-order chi connectivity index (χ0) is 15.7. The standard InChI is InChI=1S/C19H33NO/c1-6-7-8-10-16(2)20-13-14-21-18-12-9-11-17(15-18)19(3,4)5/h9,11-12,15-16,20H,6-8,10,13-14H2,1-5H3. The van der Waals surface area contributed by atoms with Gasteiger partial charge in [-0.15, -0.1) is 0 Å². The van der Waals surface area contributed by atoms with E-state index < -0.39 is 0 Å². The lowest BCUT2D eigenvalue weighted by Gasteiger charge is -2.20. The van der Waals surface area contributed by atoms with Crippen LogP contribution in [0.15, 0.2) is 24.3 Å². The molecule has 0 saturated heterocycles. The minimum absolute atomic E-state index is 0.172. The summed E-state index contributed by atoms with van der Waals surface area (Å²) in [4.78, 5) is 0. The molecule has 1 atom stereocenters. The zero-order valence-electron chi connectivity index (χ0n) is 14.5. The highest BCUT2D eigenvalue weighted by Crippen LogP contribution is 2.25. The summed E-state index contributed by atoms with van der Waals surface area (Å²) in [7, 11) is 0. The first-order valence-corrected chi connectivity index (χ1v) is 8.40. The third-order valence-corrected chi connectivity index (χ3v) is 3.80.